The molecule has 140 valence electrons. The van der Waals surface area contributed by atoms with E-state index < -0.39 is 0 Å². The fraction of sp³-hybridized carbons (Fsp3) is 0.500. The summed E-state index contributed by atoms with van der Waals surface area (Å²) in [6.45, 7) is 8.89. The number of rotatable bonds is 6. The van der Waals surface area contributed by atoms with Gasteiger partial charge in [0.1, 0.15) is 12.2 Å². The number of benzene rings is 1. The number of aromatic nitrogens is 2. The van der Waals surface area contributed by atoms with Crippen LogP contribution in [0.2, 0.25) is 0 Å². The molecule has 0 radical (unpaired) electrons. The van der Waals surface area contributed by atoms with Gasteiger partial charge in [0.15, 0.2) is 11.5 Å². The van der Waals surface area contributed by atoms with Crippen LogP contribution in [0.15, 0.2) is 18.2 Å². The van der Waals surface area contributed by atoms with Crippen molar-refractivity contribution in [3.05, 3.63) is 40.7 Å². The van der Waals surface area contributed by atoms with E-state index in [2.05, 4.69) is 30.3 Å². The third-order valence-corrected chi connectivity index (χ3v) is 4.73. The summed E-state index contributed by atoms with van der Waals surface area (Å²) >= 11 is 0. The Kier molecular flexibility index (Phi) is 4.94. The lowest BCUT2D eigenvalue weighted by Gasteiger charge is -2.18. The monoisotopic (exact) mass is 357 g/mol. The van der Waals surface area contributed by atoms with Crippen LogP contribution in [0.1, 0.15) is 36.4 Å². The average molecular weight is 357 g/mol. The van der Waals surface area contributed by atoms with Crippen LogP contribution in [-0.4, -0.2) is 34.4 Å². The smallest absolute Gasteiger partial charge is 0.224 e. The van der Waals surface area contributed by atoms with Crippen molar-refractivity contribution in [1.29, 1.82) is 0 Å². The van der Waals surface area contributed by atoms with Crippen molar-refractivity contribution in [1.82, 2.24) is 15.1 Å². The Hall–Kier alpha value is -2.50. The van der Waals surface area contributed by atoms with Gasteiger partial charge in [0, 0.05) is 30.3 Å². The second-order valence-electron chi connectivity index (χ2n) is 7.43. The van der Waals surface area contributed by atoms with E-state index in [4.69, 9.17) is 9.47 Å². The van der Waals surface area contributed by atoms with Gasteiger partial charge in [-0.15, -0.1) is 0 Å². The molecule has 0 unspecified atom stereocenters. The lowest BCUT2D eigenvalue weighted by molar-refractivity contribution is -0.120. The maximum Gasteiger partial charge on any atom is 0.224 e. The summed E-state index contributed by atoms with van der Waals surface area (Å²) in [4.78, 5) is 12.2. The van der Waals surface area contributed by atoms with Gasteiger partial charge in [-0.05, 0) is 33.8 Å². The molecule has 0 bridgehead atoms. The molecule has 6 heteroatoms. The maximum atomic E-state index is 12.2. The van der Waals surface area contributed by atoms with Crippen LogP contribution in [-0.2, 0) is 24.7 Å². The lowest BCUT2D eigenvalue weighted by atomic mass is 10.0. The van der Waals surface area contributed by atoms with Gasteiger partial charge in [0.05, 0.1) is 18.7 Å². The van der Waals surface area contributed by atoms with E-state index in [1.807, 2.05) is 33.0 Å². The molecule has 1 aromatic carbocycles. The molecule has 0 saturated carbocycles. The molecule has 26 heavy (non-hydrogen) atoms. The minimum atomic E-state index is -0.199. The summed E-state index contributed by atoms with van der Waals surface area (Å²) in [5.74, 6) is 1.54. The van der Waals surface area contributed by atoms with Gasteiger partial charge in [-0.3, -0.25) is 9.48 Å². The van der Waals surface area contributed by atoms with Crippen molar-refractivity contribution in [2.45, 2.75) is 46.1 Å². The van der Waals surface area contributed by atoms with Crippen LogP contribution in [0.5, 0.6) is 11.5 Å². The molecule has 0 fully saturated rings. The van der Waals surface area contributed by atoms with E-state index in [0.29, 0.717) is 19.6 Å². The summed E-state index contributed by atoms with van der Waals surface area (Å²) in [6.07, 6.45) is 1.21. The fourth-order valence-corrected chi connectivity index (χ4v) is 3.35. The molecule has 1 amide bonds. The molecule has 1 N–H and O–H groups in total. The zero-order valence-corrected chi connectivity index (χ0v) is 16.2. The van der Waals surface area contributed by atoms with Gasteiger partial charge in [0.2, 0.25) is 5.91 Å². The maximum absolute atomic E-state index is 12.2. The molecule has 0 atom stereocenters. The molecule has 0 aliphatic carbocycles. The molecule has 1 aliphatic rings. The first-order valence-electron chi connectivity index (χ1n) is 8.96. The zero-order valence-electron chi connectivity index (χ0n) is 16.2. The van der Waals surface area contributed by atoms with Crippen LogP contribution < -0.4 is 14.8 Å². The predicted octanol–water partition coefficient (Wildman–Crippen LogP) is 2.49. The zero-order chi connectivity index (χ0) is 18.9. The van der Waals surface area contributed by atoms with E-state index in [1.165, 1.54) is 5.56 Å². The van der Waals surface area contributed by atoms with Crippen molar-refractivity contribution >= 4 is 5.91 Å². The van der Waals surface area contributed by atoms with Crippen LogP contribution in [0.4, 0.5) is 0 Å². The van der Waals surface area contributed by atoms with Gasteiger partial charge in [-0.1, -0.05) is 12.1 Å². The molecule has 2 aromatic rings. The number of fused-ring (bicyclic) bond motifs is 1. The van der Waals surface area contributed by atoms with Crippen molar-refractivity contribution in [2.75, 3.05) is 13.2 Å². The van der Waals surface area contributed by atoms with Crippen molar-refractivity contribution < 1.29 is 14.3 Å². The van der Waals surface area contributed by atoms with E-state index in [0.717, 1.165) is 34.9 Å². The Bertz CT molecular complexity index is 824. The highest BCUT2D eigenvalue weighted by molar-refractivity contribution is 5.79. The highest BCUT2D eigenvalue weighted by Gasteiger charge is 2.32. The van der Waals surface area contributed by atoms with E-state index in [-0.39, 0.29) is 11.5 Å². The number of ether oxygens (including phenoxy) is 2. The summed E-state index contributed by atoms with van der Waals surface area (Å²) < 4.78 is 13.6. The first-order chi connectivity index (χ1) is 12.3. The molecule has 1 aliphatic heterocycles. The Labute approximate surface area is 154 Å². The lowest BCUT2D eigenvalue weighted by Crippen LogP contribution is -2.29. The van der Waals surface area contributed by atoms with Crippen LogP contribution in [0.25, 0.3) is 0 Å². The Balaban J connectivity index is 1.50. The standard InChI is InChI=1S/C20H27N3O3/c1-13-16(14(2)23(5)22-13)11-18(24)21-9-10-25-17-8-6-7-15-12-20(3,4)26-19(15)17/h6-8H,9-12H2,1-5H3,(H,21,24). The molecular weight excluding hydrogens is 330 g/mol. The second-order valence-corrected chi connectivity index (χ2v) is 7.43. The van der Waals surface area contributed by atoms with E-state index in [1.54, 1.807) is 4.68 Å². The van der Waals surface area contributed by atoms with Crippen LogP contribution in [0.3, 0.4) is 0 Å². The minimum Gasteiger partial charge on any atom is -0.488 e. The number of amides is 1. The average Bonchev–Trinajstić information content (AvgIpc) is 3.01. The highest BCUT2D eigenvalue weighted by atomic mass is 16.5. The number of nitrogens with one attached hydrogen (secondary N) is 1. The number of para-hydroxylation sites is 1. The normalized spacial score (nSPS) is 14.7. The minimum absolute atomic E-state index is 0.0246. The molecule has 3 rings (SSSR count). The molecule has 0 saturated heterocycles. The molecule has 0 spiro atoms. The summed E-state index contributed by atoms with van der Waals surface area (Å²) in [5, 5.41) is 7.25. The van der Waals surface area contributed by atoms with Crippen LogP contribution >= 0.6 is 0 Å². The van der Waals surface area contributed by atoms with Gasteiger partial charge in [0.25, 0.3) is 0 Å². The topological polar surface area (TPSA) is 65.4 Å². The largest absolute Gasteiger partial charge is 0.488 e. The number of nitrogens with zero attached hydrogens (tertiary/aromatic N) is 2. The van der Waals surface area contributed by atoms with Gasteiger partial charge < -0.3 is 14.8 Å². The quantitative estimate of drug-likeness (QED) is 0.807. The predicted molar refractivity (Wildman–Crippen MR) is 99.7 cm³/mol. The highest BCUT2D eigenvalue weighted by Crippen LogP contribution is 2.41. The molecular formula is C20H27N3O3. The van der Waals surface area contributed by atoms with Crippen LogP contribution in [0, 0.1) is 13.8 Å². The molecule has 2 heterocycles. The molecule has 6 nitrogen and oxygen atoms in total. The first-order valence-corrected chi connectivity index (χ1v) is 8.96. The fourth-order valence-electron chi connectivity index (χ4n) is 3.35. The summed E-state index contributed by atoms with van der Waals surface area (Å²) in [7, 11) is 1.89. The number of hydrogen-bond acceptors (Lipinski definition) is 4. The Morgan fingerprint density at radius 2 is 2.15 bits per heavy atom. The van der Waals surface area contributed by atoms with Gasteiger partial charge in [-0.2, -0.15) is 5.10 Å². The van der Waals surface area contributed by atoms with Gasteiger partial charge >= 0.3 is 0 Å². The number of hydrogen-bond donors (Lipinski definition) is 1. The molecule has 1 aromatic heterocycles. The van der Waals surface area contributed by atoms with Gasteiger partial charge in [-0.25, -0.2) is 0 Å². The first kappa shape index (κ1) is 18.3. The second kappa shape index (κ2) is 7.02. The Morgan fingerprint density at radius 3 is 2.85 bits per heavy atom. The summed E-state index contributed by atoms with van der Waals surface area (Å²) in [6, 6.07) is 5.95. The number of carbonyl (C=O) groups is 1. The SMILES string of the molecule is Cc1nn(C)c(C)c1CC(=O)NCCOc1cccc2c1OC(C)(C)C2. The van der Waals surface area contributed by atoms with Crippen molar-refractivity contribution in [3.63, 3.8) is 0 Å². The summed E-state index contributed by atoms with van der Waals surface area (Å²) in [5.41, 5.74) is 3.88. The van der Waals surface area contributed by atoms with E-state index in [9.17, 15) is 4.79 Å². The van der Waals surface area contributed by atoms with Crippen molar-refractivity contribution in [2.24, 2.45) is 7.05 Å². The number of aryl methyl sites for hydroxylation is 2. The van der Waals surface area contributed by atoms with E-state index >= 15 is 0 Å². The van der Waals surface area contributed by atoms with Crippen molar-refractivity contribution in [3.8, 4) is 11.5 Å². The Morgan fingerprint density at radius 1 is 1.38 bits per heavy atom. The third kappa shape index (κ3) is 3.84. The number of carbonyl (C=O) groups excluding carboxylic acids is 1. The third-order valence-electron chi connectivity index (χ3n) is 4.73.